The van der Waals surface area contributed by atoms with Crippen LogP contribution in [0.4, 0.5) is 0 Å². The molecule has 0 heterocycles. The van der Waals surface area contributed by atoms with E-state index in [0.29, 0.717) is 0 Å². The van der Waals surface area contributed by atoms with Crippen molar-refractivity contribution < 1.29 is 0 Å². The SMILES string of the molecule is CCCCc1cc(C)ccc1C.Cc1ccc(-c2ccc(C)cc2)cc1.Cc1ccc(-c2ccc(C)cc2C)cc1.Cc1ccc(C)c(C)c1.Cc1ccc2c(C)cccc2c1.Cc1ccc2cc(C)ccc2c1.Cc1cccc2c(C)cccc12. The van der Waals surface area contributed by atoms with Crippen LogP contribution in [-0.2, 0) is 6.42 Å². The second-order valence-corrected chi connectivity index (χ2v) is 23.9. The molecule has 12 aromatic rings. The summed E-state index contributed by atoms with van der Waals surface area (Å²) in [7, 11) is 0. The minimum absolute atomic E-state index is 1.24. The molecule has 12 rings (SSSR count). The molecule has 0 saturated carbocycles. The third-order valence-electron chi connectivity index (χ3n) is 15.9. The molecule has 0 unspecified atom stereocenters. The fourth-order valence-corrected chi connectivity index (χ4v) is 10.4. The lowest BCUT2D eigenvalue weighted by molar-refractivity contribution is 0.790. The Morgan fingerprint density at radius 2 is 0.581 bits per heavy atom. The average molecular weight is 1130 g/mol. The highest BCUT2D eigenvalue weighted by Crippen LogP contribution is 2.26. The van der Waals surface area contributed by atoms with Gasteiger partial charge in [-0.3, -0.25) is 0 Å². The van der Waals surface area contributed by atoms with Crippen molar-refractivity contribution in [1.82, 2.24) is 0 Å². The van der Waals surface area contributed by atoms with Crippen LogP contribution in [0, 0.1) is 111 Å². The van der Waals surface area contributed by atoms with Gasteiger partial charge >= 0.3 is 0 Å². The van der Waals surface area contributed by atoms with Crippen molar-refractivity contribution in [2.75, 3.05) is 0 Å². The van der Waals surface area contributed by atoms with Crippen LogP contribution in [0.3, 0.4) is 0 Å². The van der Waals surface area contributed by atoms with Crippen molar-refractivity contribution in [3.05, 3.63) is 331 Å². The summed E-state index contributed by atoms with van der Waals surface area (Å²) < 4.78 is 0. The highest BCUT2D eigenvalue weighted by molar-refractivity contribution is 5.88. The Balaban J connectivity index is 0.000000161. The Morgan fingerprint density at radius 1 is 0.221 bits per heavy atom. The van der Waals surface area contributed by atoms with Crippen LogP contribution in [-0.4, -0.2) is 0 Å². The molecule has 440 valence electrons. The van der Waals surface area contributed by atoms with Gasteiger partial charge in [-0.25, -0.2) is 0 Å². The first-order chi connectivity index (χ1) is 41.2. The maximum absolute atomic E-state index is 2.31. The summed E-state index contributed by atoms with van der Waals surface area (Å²) >= 11 is 0. The van der Waals surface area contributed by atoms with Gasteiger partial charge in [-0.05, 0) is 223 Å². The van der Waals surface area contributed by atoms with E-state index in [4.69, 9.17) is 0 Å². The van der Waals surface area contributed by atoms with Gasteiger partial charge in [0.05, 0.1) is 0 Å². The van der Waals surface area contributed by atoms with Crippen LogP contribution in [0.25, 0.3) is 54.6 Å². The average Bonchev–Trinajstić information content (AvgIpc) is 3.31. The highest BCUT2D eigenvalue weighted by atomic mass is 14.1. The van der Waals surface area contributed by atoms with E-state index in [2.05, 4.69) is 354 Å². The van der Waals surface area contributed by atoms with Gasteiger partial charge in [0.15, 0.2) is 0 Å². The molecule has 0 aliphatic rings. The van der Waals surface area contributed by atoms with Crippen LogP contribution >= 0.6 is 0 Å². The van der Waals surface area contributed by atoms with Gasteiger partial charge in [0.2, 0.25) is 0 Å². The summed E-state index contributed by atoms with van der Waals surface area (Å²) in [6, 6.07) is 84.8. The van der Waals surface area contributed by atoms with E-state index in [1.807, 2.05) is 0 Å². The van der Waals surface area contributed by atoms with Crippen LogP contribution in [0.2, 0.25) is 0 Å². The summed E-state index contributed by atoms with van der Waals surface area (Å²) in [4.78, 5) is 0. The largest absolute Gasteiger partial charge is 0.0654 e. The second kappa shape index (κ2) is 33.2. The molecule has 0 spiro atoms. The molecule has 0 radical (unpaired) electrons. The van der Waals surface area contributed by atoms with Gasteiger partial charge < -0.3 is 0 Å². The molecule has 0 fully saturated rings. The minimum atomic E-state index is 1.24. The first kappa shape index (κ1) is 66.6. The van der Waals surface area contributed by atoms with Crippen LogP contribution in [0.5, 0.6) is 0 Å². The standard InChI is InChI=1S/C15H16.C14H14.3C12H12.C12H18.C9H12/c1-11-4-7-14(8-5-11)15-9-6-12(2)10-13(15)3;1-11-3-7-13(8-4-11)14-9-5-12(2)6-10-14;1-9-3-5-12-8-10(2)4-6-11(12)7-9;1-9-5-3-8-12-10(2)6-4-7-11(9)12;1-9-6-7-12-10(2)4-3-5-11(12)8-9;1-4-5-6-12-9-10(2)7-8-11(12)3;1-7-4-5-8(2)9(3)6-7/h4-10H,1-3H3;3-10H,1-2H3;3*3-8H,1-2H3;7-9H,4-6H2,1-3H3;4-6H,1-3H3. The van der Waals surface area contributed by atoms with E-state index in [0.717, 1.165) is 0 Å². The minimum Gasteiger partial charge on any atom is -0.0654 e. The molecule has 0 nitrogen and oxygen atoms in total. The predicted molar refractivity (Wildman–Crippen MR) is 383 cm³/mol. The molecule has 0 bridgehead atoms. The zero-order valence-corrected chi connectivity index (χ0v) is 55.1. The summed E-state index contributed by atoms with van der Waals surface area (Å²) in [5.41, 5.74) is 28.3. The number of hydrogen-bond donors (Lipinski definition) is 0. The van der Waals surface area contributed by atoms with E-state index in [9.17, 15) is 0 Å². The first-order valence-electron chi connectivity index (χ1n) is 30.9. The molecule has 0 aromatic heterocycles. The maximum Gasteiger partial charge on any atom is -0.0152 e. The van der Waals surface area contributed by atoms with E-state index in [1.54, 1.807) is 0 Å². The Labute approximate surface area is 519 Å². The third kappa shape index (κ3) is 20.9. The molecule has 0 amide bonds. The summed E-state index contributed by atoms with van der Waals surface area (Å²) in [6.45, 7) is 36.5. The second-order valence-electron chi connectivity index (χ2n) is 23.9. The van der Waals surface area contributed by atoms with Gasteiger partial charge in [-0.2, -0.15) is 0 Å². The molecule has 12 aromatic carbocycles. The fourth-order valence-electron chi connectivity index (χ4n) is 10.4. The quantitative estimate of drug-likeness (QED) is 0.161. The van der Waals surface area contributed by atoms with Crippen molar-refractivity contribution in [3.8, 4) is 22.3 Å². The Bertz CT molecular complexity index is 3930. The fraction of sp³-hybridized carbons (Fsp3) is 0.233. The highest BCUT2D eigenvalue weighted by Gasteiger charge is 2.03. The molecule has 0 N–H and O–H groups in total. The van der Waals surface area contributed by atoms with Crippen molar-refractivity contribution in [2.45, 2.75) is 137 Å². The van der Waals surface area contributed by atoms with Crippen molar-refractivity contribution in [2.24, 2.45) is 0 Å². The van der Waals surface area contributed by atoms with Crippen molar-refractivity contribution in [1.29, 1.82) is 0 Å². The zero-order chi connectivity index (χ0) is 62.3. The molecule has 0 atom stereocenters. The van der Waals surface area contributed by atoms with Gasteiger partial charge in [0, 0.05) is 0 Å². The van der Waals surface area contributed by atoms with Crippen molar-refractivity contribution >= 4 is 32.3 Å². The topological polar surface area (TPSA) is 0 Å². The lowest BCUT2D eigenvalue weighted by atomic mass is 9.98. The Morgan fingerprint density at radius 3 is 1.03 bits per heavy atom. The number of benzene rings is 12. The molecule has 0 saturated heterocycles. The number of fused-ring (bicyclic) bond motifs is 3. The summed E-state index contributed by atoms with van der Waals surface area (Å²) in [6.07, 6.45) is 3.84. The van der Waals surface area contributed by atoms with Gasteiger partial charge in [0.1, 0.15) is 0 Å². The smallest absolute Gasteiger partial charge is 0.0152 e. The van der Waals surface area contributed by atoms with Gasteiger partial charge in [-0.1, -0.05) is 300 Å². The van der Waals surface area contributed by atoms with Crippen molar-refractivity contribution in [3.63, 3.8) is 0 Å². The van der Waals surface area contributed by atoms with Gasteiger partial charge in [-0.15, -0.1) is 0 Å². The first-order valence-corrected chi connectivity index (χ1v) is 30.9. The number of rotatable bonds is 5. The monoisotopic (exact) mass is 1130 g/mol. The normalized spacial score (nSPS) is 10.3. The van der Waals surface area contributed by atoms with Crippen LogP contribution in [0.15, 0.2) is 237 Å². The molecule has 86 heavy (non-hydrogen) atoms. The zero-order valence-electron chi connectivity index (χ0n) is 55.1. The molecule has 0 aliphatic heterocycles. The Kier molecular flexibility index (Phi) is 25.7. The molecular weight excluding hydrogens is 1030 g/mol. The number of unbranched alkanes of at least 4 members (excludes halogenated alkanes) is 1. The third-order valence-corrected chi connectivity index (χ3v) is 15.9. The number of aryl methyl sites for hydroxylation is 17. The summed E-state index contributed by atoms with van der Waals surface area (Å²) in [5.74, 6) is 0. The van der Waals surface area contributed by atoms with E-state index >= 15 is 0 Å². The predicted octanol–water partition coefficient (Wildman–Crippen LogP) is 24.9. The Hall–Kier alpha value is -8.58. The summed E-state index contributed by atoms with van der Waals surface area (Å²) in [5, 5.41) is 8.12. The molecule has 0 heteroatoms. The van der Waals surface area contributed by atoms with Gasteiger partial charge in [0.25, 0.3) is 0 Å². The van der Waals surface area contributed by atoms with Crippen LogP contribution < -0.4 is 0 Å². The lowest BCUT2D eigenvalue weighted by Gasteiger charge is -2.07. The molecular formula is C86H96. The lowest BCUT2D eigenvalue weighted by Crippen LogP contribution is -1.89. The van der Waals surface area contributed by atoms with E-state index < -0.39 is 0 Å². The number of hydrogen-bond acceptors (Lipinski definition) is 0. The molecule has 0 aliphatic carbocycles. The van der Waals surface area contributed by atoms with Crippen LogP contribution in [0.1, 0.15) is 114 Å². The maximum atomic E-state index is 2.31. The van der Waals surface area contributed by atoms with E-state index in [1.165, 1.54) is 168 Å². The van der Waals surface area contributed by atoms with E-state index in [-0.39, 0.29) is 0 Å².